The minimum atomic E-state index is 0.0303. The molecule has 2 aliphatic heterocycles. The summed E-state index contributed by atoms with van der Waals surface area (Å²) in [5.41, 5.74) is 0.880. The molecule has 0 N–H and O–H groups in total. The molecule has 0 aromatic heterocycles. The number of benzene rings is 1. The maximum atomic E-state index is 12.0. The number of hydrogen-bond donors (Lipinski definition) is 0. The van der Waals surface area contributed by atoms with Crippen molar-refractivity contribution in [3.8, 4) is 0 Å². The van der Waals surface area contributed by atoms with Crippen molar-refractivity contribution in [2.45, 2.75) is 0 Å². The van der Waals surface area contributed by atoms with Crippen molar-refractivity contribution in [1.29, 1.82) is 0 Å². The number of nitrogens with zero attached hydrogens (tertiary/aromatic N) is 3. The molecular formula is C13H15N3O2. The number of hydrogen-bond acceptors (Lipinski definition) is 4. The smallest absolute Gasteiger partial charge is 0.255 e. The van der Waals surface area contributed by atoms with Crippen molar-refractivity contribution in [2.75, 3.05) is 37.7 Å². The van der Waals surface area contributed by atoms with Crippen LogP contribution in [0.5, 0.6) is 0 Å². The van der Waals surface area contributed by atoms with Gasteiger partial charge in [-0.05, 0) is 12.1 Å². The quantitative estimate of drug-likeness (QED) is 0.732. The second kappa shape index (κ2) is 4.78. The van der Waals surface area contributed by atoms with Crippen LogP contribution in [0.25, 0.3) is 0 Å². The highest BCUT2D eigenvalue weighted by atomic mass is 16.5. The molecule has 1 fully saturated rings. The van der Waals surface area contributed by atoms with E-state index in [9.17, 15) is 4.79 Å². The van der Waals surface area contributed by atoms with Crippen molar-refractivity contribution >= 4 is 17.6 Å². The van der Waals surface area contributed by atoms with Crippen LogP contribution in [-0.4, -0.2) is 49.6 Å². The molecule has 0 atom stereocenters. The third kappa shape index (κ3) is 1.97. The normalized spacial score (nSPS) is 20.2. The van der Waals surface area contributed by atoms with Crippen LogP contribution in [0.1, 0.15) is 0 Å². The molecule has 1 aromatic carbocycles. The third-order valence-electron chi connectivity index (χ3n) is 3.11. The molecule has 0 spiro atoms. The number of anilines is 1. The number of para-hydroxylation sites is 1. The number of carbonyl (C=O) groups is 1. The van der Waals surface area contributed by atoms with Gasteiger partial charge >= 0.3 is 0 Å². The average molecular weight is 245 g/mol. The minimum absolute atomic E-state index is 0.0303. The highest BCUT2D eigenvalue weighted by Gasteiger charge is 2.31. The van der Waals surface area contributed by atoms with E-state index < -0.39 is 0 Å². The van der Waals surface area contributed by atoms with E-state index in [0.717, 1.165) is 24.7 Å². The second-order valence-corrected chi connectivity index (χ2v) is 4.28. The maximum Gasteiger partial charge on any atom is 0.255 e. The molecule has 0 unspecified atom stereocenters. The summed E-state index contributed by atoms with van der Waals surface area (Å²) < 4.78 is 5.33. The fraction of sp³-hybridized carbons (Fsp3) is 0.385. The minimum Gasteiger partial charge on any atom is -0.378 e. The number of rotatable bonds is 1. The Balaban J connectivity index is 1.87. The van der Waals surface area contributed by atoms with Gasteiger partial charge in [-0.2, -0.15) is 0 Å². The van der Waals surface area contributed by atoms with Crippen LogP contribution in [0.3, 0.4) is 0 Å². The topological polar surface area (TPSA) is 45.1 Å². The van der Waals surface area contributed by atoms with Gasteiger partial charge in [0.2, 0.25) is 5.96 Å². The van der Waals surface area contributed by atoms with Crippen molar-refractivity contribution in [3.05, 3.63) is 30.3 Å². The first-order valence-corrected chi connectivity index (χ1v) is 6.11. The Hall–Kier alpha value is -1.88. The van der Waals surface area contributed by atoms with Gasteiger partial charge in [0, 0.05) is 13.1 Å². The summed E-state index contributed by atoms with van der Waals surface area (Å²) in [5, 5.41) is 0. The molecular weight excluding hydrogens is 230 g/mol. The average Bonchev–Trinajstić information content (AvgIpc) is 2.83. The number of carbonyl (C=O) groups excluding carboxylic acids is 1. The third-order valence-corrected chi connectivity index (χ3v) is 3.11. The van der Waals surface area contributed by atoms with Gasteiger partial charge in [0.25, 0.3) is 5.91 Å². The van der Waals surface area contributed by atoms with Gasteiger partial charge < -0.3 is 9.64 Å². The Morgan fingerprint density at radius 1 is 1.11 bits per heavy atom. The van der Waals surface area contributed by atoms with E-state index >= 15 is 0 Å². The van der Waals surface area contributed by atoms with Gasteiger partial charge in [-0.3, -0.25) is 4.79 Å². The Kier molecular flexibility index (Phi) is 2.98. The molecule has 0 bridgehead atoms. The largest absolute Gasteiger partial charge is 0.378 e. The molecule has 1 saturated heterocycles. The lowest BCUT2D eigenvalue weighted by molar-refractivity contribution is -0.115. The fourth-order valence-corrected chi connectivity index (χ4v) is 2.23. The van der Waals surface area contributed by atoms with E-state index in [1.54, 1.807) is 4.90 Å². The number of ether oxygens (including phenoxy) is 1. The zero-order valence-electron chi connectivity index (χ0n) is 10.1. The summed E-state index contributed by atoms with van der Waals surface area (Å²) in [7, 11) is 0. The molecule has 0 aliphatic carbocycles. The SMILES string of the molecule is O=C1CN=C(N2CCOCC2)N1c1ccccc1. The monoisotopic (exact) mass is 245 g/mol. The van der Waals surface area contributed by atoms with Crippen LogP contribution >= 0.6 is 0 Å². The molecule has 0 saturated carbocycles. The van der Waals surface area contributed by atoms with E-state index in [-0.39, 0.29) is 12.5 Å². The number of morpholine rings is 1. The lowest BCUT2D eigenvalue weighted by Gasteiger charge is -2.32. The first-order chi connectivity index (χ1) is 8.86. The first-order valence-electron chi connectivity index (χ1n) is 6.11. The van der Waals surface area contributed by atoms with Crippen molar-refractivity contribution in [1.82, 2.24) is 4.90 Å². The molecule has 5 nitrogen and oxygen atoms in total. The molecule has 3 rings (SSSR count). The molecule has 2 aliphatic rings. The van der Waals surface area contributed by atoms with E-state index in [0.29, 0.717) is 13.2 Å². The van der Waals surface area contributed by atoms with Gasteiger partial charge in [0.15, 0.2) is 0 Å². The first kappa shape index (κ1) is 11.2. The van der Waals surface area contributed by atoms with Gasteiger partial charge in [0.1, 0.15) is 6.54 Å². The van der Waals surface area contributed by atoms with Crippen LogP contribution in [0.4, 0.5) is 5.69 Å². The van der Waals surface area contributed by atoms with E-state index in [2.05, 4.69) is 9.89 Å². The molecule has 0 radical (unpaired) electrons. The summed E-state index contributed by atoms with van der Waals surface area (Å²) in [6.07, 6.45) is 0. The molecule has 5 heteroatoms. The van der Waals surface area contributed by atoms with Gasteiger partial charge in [-0.15, -0.1) is 0 Å². The molecule has 2 heterocycles. The predicted molar refractivity (Wildman–Crippen MR) is 68.6 cm³/mol. The second-order valence-electron chi connectivity index (χ2n) is 4.28. The Morgan fingerprint density at radius 3 is 2.56 bits per heavy atom. The summed E-state index contributed by atoms with van der Waals surface area (Å²) in [5.74, 6) is 0.789. The molecule has 94 valence electrons. The van der Waals surface area contributed by atoms with Crippen LogP contribution in [-0.2, 0) is 9.53 Å². The molecule has 1 aromatic rings. The number of aliphatic imine (C=N–C) groups is 1. The summed E-state index contributed by atoms with van der Waals surface area (Å²) in [6.45, 7) is 3.19. The predicted octanol–water partition coefficient (Wildman–Crippen LogP) is 0.721. The van der Waals surface area contributed by atoms with Crippen molar-refractivity contribution in [3.63, 3.8) is 0 Å². The standard InChI is InChI=1S/C13H15N3O2/c17-12-10-14-13(15-6-8-18-9-7-15)16(12)11-4-2-1-3-5-11/h1-5H,6-10H2. The van der Waals surface area contributed by atoms with E-state index in [1.807, 2.05) is 30.3 Å². The highest BCUT2D eigenvalue weighted by molar-refractivity contribution is 6.20. The van der Waals surface area contributed by atoms with Gasteiger partial charge in [-0.1, -0.05) is 18.2 Å². The van der Waals surface area contributed by atoms with E-state index in [4.69, 9.17) is 4.74 Å². The summed E-state index contributed by atoms with van der Waals surface area (Å²) >= 11 is 0. The Labute approximate surface area is 106 Å². The lowest BCUT2D eigenvalue weighted by atomic mass is 10.3. The van der Waals surface area contributed by atoms with Gasteiger partial charge in [0.05, 0.1) is 18.9 Å². The number of amides is 1. The van der Waals surface area contributed by atoms with Crippen LogP contribution in [0.15, 0.2) is 35.3 Å². The fourth-order valence-electron chi connectivity index (χ4n) is 2.23. The molecule has 1 amide bonds. The van der Waals surface area contributed by atoms with Crippen LogP contribution in [0.2, 0.25) is 0 Å². The summed E-state index contributed by atoms with van der Waals surface area (Å²) in [6, 6.07) is 9.66. The van der Waals surface area contributed by atoms with Gasteiger partial charge in [-0.25, -0.2) is 9.89 Å². The molecule has 18 heavy (non-hydrogen) atoms. The highest BCUT2D eigenvalue weighted by Crippen LogP contribution is 2.20. The zero-order chi connectivity index (χ0) is 12.4. The lowest BCUT2D eigenvalue weighted by Crippen LogP contribution is -2.48. The summed E-state index contributed by atoms with van der Waals surface area (Å²) in [4.78, 5) is 20.2. The van der Waals surface area contributed by atoms with Crippen molar-refractivity contribution in [2.24, 2.45) is 4.99 Å². The van der Waals surface area contributed by atoms with E-state index in [1.165, 1.54) is 0 Å². The Morgan fingerprint density at radius 2 is 1.83 bits per heavy atom. The maximum absolute atomic E-state index is 12.0. The van der Waals surface area contributed by atoms with Crippen molar-refractivity contribution < 1.29 is 9.53 Å². The number of guanidine groups is 1. The zero-order valence-corrected chi connectivity index (χ0v) is 10.1. The van der Waals surface area contributed by atoms with Crippen LogP contribution < -0.4 is 4.90 Å². The Bertz CT molecular complexity index is 466. The van der Waals surface area contributed by atoms with Crippen LogP contribution in [0, 0.1) is 0 Å².